The van der Waals surface area contributed by atoms with Gasteiger partial charge < -0.3 is 0 Å². The third-order valence-corrected chi connectivity index (χ3v) is 3.93. The van der Waals surface area contributed by atoms with E-state index in [-0.39, 0.29) is 0 Å². The Labute approximate surface area is 80.5 Å². The van der Waals surface area contributed by atoms with E-state index in [4.69, 9.17) is 6.42 Å². The van der Waals surface area contributed by atoms with Gasteiger partial charge in [-0.25, -0.2) is 0 Å². The summed E-state index contributed by atoms with van der Waals surface area (Å²) in [4.78, 5) is 0. The maximum absolute atomic E-state index is 5.36. The summed E-state index contributed by atoms with van der Waals surface area (Å²) in [5.74, 6) is 7.92. The largest absolute Gasteiger partial charge is 0.162 e. The van der Waals surface area contributed by atoms with Gasteiger partial charge in [0.1, 0.15) is 0 Å². The smallest absolute Gasteiger partial charge is 0.0118 e. The first-order valence-electron chi connectivity index (χ1n) is 4.77. The van der Waals surface area contributed by atoms with Gasteiger partial charge in [0.2, 0.25) is 0 Å². The fourth-order valence-electron chi connectivity index (χ4n) is 1.95. The zero-order valence-corrected chi connectivity index (χ0v) is 8.86. The average Bonchev–Trinajstić information content (AvgIpc) is 2.05. The molecule has 0 bridgehead atoms. The Hall–Kier alpha value is -0.0900. The van der Waals surface area contributed by atoms with Crippen molar-refractivity contribution < 1.29 is 0 Å². The predicted molar refractivity (Wildman–Crippen MR) is 57.2 cm³/mol. The van der Waals surface area contributed by atoms with Crippen molar-refractivity contribution in [3.05, 3.63) is 0 Å². The van der Waals surface area contributed by atoms with Crippen molar-refractivity contribution in [2.24, 2.45) is 17.8 Å². The van der Waals surface area contributed by atoms with Crippen LogP contribution in [0.15, 0.2) is 0 Å². The molecule has 0 spiro atoms. The fraction of sp³-hybridized carbons (Fsp3) is 0.818. The van der Waals surface area contributed by atoms with Crippen molar-refractivity contribution in [3.8, 4) is 12.3 Å². The van der Waals surface area contributed by atoms with Crippen LogP contribution in [0.2, 0.25) is 0 Å². The number of hydrogen-bond donors (Lipinski definition) is 0. The molecule has 0 aromatic heterocycles. The van der Waals surface area contributed by atoms with Crippen LogP contribution in [0.3, 0.4) is 0 Å². The fourth-order valence-corrected chi connectivity index (χ4v) is 3.51. The molecule has 1 heteroatoms. The second kappa shape index (κ2) is 4.82. The maximum atomic E-state index is 5.36. The van der Waals surface area contributed by atoms with E-state index in [1.165, 1.54) is 17.9 Å². The lowest BCUT2D eigenvalue weighted by atomic mass is 9.81. The lowest BCUT2D eigenvalue weighted by Gasteiger charge is -2.32. The van der Waals surface area contributed by atoms with Crippen LogP contribution in [-0.4, -0.2) is 11.5 Å². The third-order valence-electron chi connectivity index (χ3n) is 2.79. The van der Waals surface area contributed by atoms with Crippen molar-refractivity contribution >= 4 is 11.8 Å². The highest BCUT2D eigenvalue weighted by molar-refractivity contribution is 7.99. The molecule has 2 unspecified atom stereocenters. The Kier molecular flexibility index (Phi) is 4.01. The second-order valence-corrected chi connectivity index (χ2v) is 5.09. The van der Waals surface area contributed by atoms with E-state index in [1.54, 1.807) is 0 Å². The zero-order chi connectivity index (χ0) is 8.97. The van der Waals surface area contributed by atoms with Crippen LogP contribution in [0.4, 0.5) is 0 Å². The summed E-state index contributed by atoms with van der Waals surface area (Å²) in [5, 5.41) is 0. The molecule has 1 saturated heterocycles. The van der Waals surface area contributed by atoms with Crippen molar-refractivity contribution in [1.82, 2.24) is 0 Å². The summed E-state index contributed by atoms with van der Waals surface area (Å²) in [6.07, 6.45) is 7.69. The van der Waals surface area contributed by atoms with Crippen LogP contribution >= 0.6 is 11.8 Å². The summed E-state index contributed by atoms with van der Waals surface area (Å²) in [6, 6.07) is 0. The molecule has 1 aliphatic heterocycles. The van der Waals surface area contributed by atoms with Crippen molar-refractivity contribution in [3.63, 3.8) is 0 Å². The molecule has 0 aromatic rings. The van der Waals surface area contributed by atoms with Gasteiger partial charge in [0, 0.05) is 6.42 Å². The molecule has 2 atom stereocenters. The summed E-state index contributed by atoms with van der Waals surface area (Å²) in [7, 11) is 0. The lowest BCUT2D eigenvalue weighted by molar-refractivity contribution is 0.274. The summed E-state index contributed by atoms with van der Waals surface area (Å²) < 4.78 is 0. The minimum absolute atomic E-state index is 0.802. The highest BCUT2D eigenvalue weighted by atomic mass is 32.2. The Morgan fingerprint density at radius 1 is 1.58 bits per heavy atom. The van der Waals surface area contributed by atoms with Crippen LogP contribution in [0.25, 0.3) is 0 Å². The van der Waals surface area contributed by atoms with E-state index in [2.05, 4.69) is 31.5 Å². The Morgan fingerprint density at radius 3 is 2.92 bits per heavy atom. The SMILES string of the molecule is C#CCC1CCSCC1C(C)C. The number of rotatable bonds is 2. The Morgan fingerprint density at radius 2 is 2.33 bits per heavy atom. The molecule has 0 amide bonds. The van der Waals surface area contributed by atoms with Crippen molar-refractivity contribution in [1.29, 1.82) is 0 Å². The second-order valence-electron chi connectivity index (χ2n) is 3.94. The van der Waals surface area contributed by atoms with Crippen molar-refractivity contribution in [2.45, 2.75) is 26.7 Å². The Bertz CT molecular complexity index is 166. The molecular formula is C11H18S. The van der Waals surface area contributed by atoms with Gasteiger partial charge in [-0.1, -0.05) is 13.8 Å². The molecule has 0 saturated carbocycles. The molecule has 0 aromatic carbocycles. The normalized spacial score (nSPS) is 30.2. The van der Waals surface area contributed by atoms with Gasteiger partial charge in [-0.3, -0.25) is 0 Å². The van der Waals surface area contributed by atoms with E-state index < -0.39 is 0 Å². The molecule has 68 valence electrons. The van der Waals surface area contributed by atoms with Crippen molar-refractivity contribution in [2.75, 3.05) is 11.5 Å². The summed E-state index contributed by atoms with van der Waals surface area (Å²) in [5.41, 5.74) is 0. The number of terminal acetylenes is 1. The summed E-state index contributed by atoms with van der Waals surface area (Å²) in [6.45, 7) is 4.64. The molecular weight excluding hydrogens is 164 g/mol. The van der Waals surface area contributed by atoms with Crippen LogP contribution < -0.4 is 0 Å². The standard InChI is InChI=1S/C11H18S/c1-4-5-10-6-7-12-8-11(10)9(2)3/h1,9-11H,5-8H2,2-3H3. The molecule has 0 aliphatic carbocycles. The van der Waals surface area contributed by atoms with E-state index in [0.717, 1.165) is 24.2 Å². The molecule has 0 radical (unpaired) electrons. The number of hydrogen-bond acceptors (Lipinski definition) is 1. The zero-order valence-electron chi connectivity index (χ0n) is 8.05. The Balaban J connectivity index is 2.49. The highest BCUT2D eigenvalue weighted by Gasteiger charge is 2.26. The predicted octanol–water partition coefficient (Wildman–Crippen LogP) is 3.04. The molecule has 1 heterocycles. The van der Waals surface area contributed by atoms with Crippen LogP contribution in [0, 0.1) is 30.1 Å². The molecule has 1 aliphatic rings. The molecule has 1 fully saturated rings. The number of thioether (sulfide) groups is 1. The molecule has 0 nitrogen and oxygen atoms in total. The van der Waals surface area contributed by atoms with Crippen LogP contribution in [0.1, 0.15) is 26.7 Å². The van der Waals surface area contributed by atoms with Crippen LogP contribution in [0.5, 0.6) is 0 Å². The van der Waals surface area contributed by atoms with Gasteiger partial charge in [0.05, 0.1) is 0 Å². The van der Waals surface area contributed by atoms with Gasteiger partial charge in [0.25, 0.3) is 0 Å². The monoisotopic (exact) mass is 182 g/mol. The minimum Gasteiger partial charge on any atom is -0.162 e. The van der Waals surface area contributed by atoms with Gasteiger partial charge in [-0.05, 0) is 35.7 Å². The van der Waals surface area contributed by atoms with E-state index in [1.807, 2.05) is 0 Å². The summed E-state index contributed by atoms with van der Waals surface area (Å²) >= 11 is 2.09. The topological polar surface area (TPSA) is 0 Å². The first kappa shape index (κ1) is 9.99. The first-order chi connectivity index (χ1) is 5.75. The van der Waals surface area contributed by atoms with Gasteiger partial charge >= 0.3 is 0 Å². The third kappa shape index (κ3) is 2.45. The van der Waals surface area contributed by atoms with Gasteiger partial charge in [-0.15, -0.1) is 12.3 Å². The van der Waals surface area contributed by atoms with E-state index in [9.17, 15) is 0 Å². The van der Waals surface area contributed by atoms with E-state index in [0.29, 0.717) is 0 Å². The molecule has 1 rings (SSSR count). The quantitative estimate of drug-likeness (QED) is 0.592. The average molecular weight is 182 g/mol. The van der Waals surface area contributed by atoms with Gasteiger partial charge in [0.15, 0.2) is 0 Å². The first-order valence-corrected chi connectivity index (χ1v) is 5.92. The van der Waals surface area contributed by atoms with E-state index >= 15 is 0 Å². The highest BCUT2D eigenvalue weighted by Crippen LogP contribution is 2.35. The molecule has 12 heavy (non-hydrogen) atoms. The minimum atomic E-state index is 0.802. The van der Waals surface area contributed by atoms with Gasteiger partial charge in [-0.2, -0.15) is 11.8 Å². The maximum Gasteiger partial charge on any atom is 0.0118 e. The molecule has 0 N–H and O–H groups in total. The van der Waals surface area contributed by atoms with Crippen LogP contribution in [-0.2, 0) is 0 Å². The lowest BCUT2D eigenvalue weighted by Crippen LogP contribution is -2.26.